The third kappa shape index (κ3) is 3.07. The Hall–Kier alpha value is -1.43. The maximum atomic E-state index is 10.7. The Bertz CT molecular complexity index is 422. The molecule has 0 spiro atoms. The first-order valence-electron chi connectivity index (χ1n) is 6.35. The van der Waals surface area contributed by atoms with Gasteiger partial charge in [-0.25, -0.2) is 0 Å². The van der Waals surface area contributed by atoms with Gasteiger partial charge in [-0.05, 0) is 38.8 Å². The number of carboxylic acid groups (broad SMARTS) is 1. The summed E-state index contributed by atoms with van der Waals surface area (Å²) in [4.78, 5) is 13.0. The summed E-state index contributed by atoms with van der Waals surface area (Å²) < 4.78 is 2.00. The van der Waals surface area contributed by atoms with Gasteiger partial charge in [-0.2, -0.15) is 0 Å². The van der Waals surface area contributed by atoms with Crippen LogP contribution in [0.4, 0.5) is 0 Å². The fourth-order valence-electron chi connectivity index (χ4n) is 2.38. The van der Waals surface area contributed by atoms with Crippen LogP contribution in [0.5, 0.6) is 0 Å². The highest BCUT2D eigenvalue weighted by Gasteiger charge is 2.22. The Balaban J connectivity index is 1.83. The van der Waals surface area contributed by atoms with E-state index in [1.807, 2.05) is 18.5 Å². The molecule has 6 nitrogen and oxygen atoms in total. The van der Waals surface area contributed by atoms with Gasteiger partial charge in [0.25, 0.3) is 0 Å². The van der Waals surface area contributed by atoms with Crippen LogP contribution < -0.4 is 0 Å². The van der Waals surface area contributed by atoms with Crippen molar-refractivity contribution >= 4 is 5.97 Å². The number of carboxylic acids is 1. The van der Waals surface area contributed by atoms with E-state index in [4.69, 9.17) is 5.11 Å². The van der Waals surface area contributed by atoms with E-state index in [-0.39, 0.29) is 0 Å². The molecule has 0 aliphatic carbocycles. The van der Waals surface area contributed by atoms with Crippen molar-refractivity contribution in [2.45, 2.75) is 32.7 Å². The normalized spacial score (nSPS) is 18.1. The summed E-state index contributed by atoms with van der Waals surface area (Å²) in [6.45, 7) is 4.64. The highest BCUT2D eigenvalue weighted by molar-refractivity contribution is 5.67. The zero-order valence-corrected chi connectivity index (χ0v) is 11.0. The second kappa shape index (κ2) is 5.48. The van der Waals surface area contributed by atoms with E-state index in [1.165, 1.54) is 0 Å². The zero-order valence-electron chi connectivity index (χ0n) is 11.0. The summed E-state index contributed by atoms with van der Waals surface area (Å²) in [5.41, 5.74) is 0. The third-order valence-corrected chi connectivity index (χ3v) is 3.72. The summed E-state index contributed by atoms with van der Waals surface area (Å²) in [6.07, 6.45) is 2.23. The number of likely N-dealkylation sites (tertiary alicyclic amines) is 1. The Kier molecular flexibility index (Phi) is 3.96. The predicted molar refractivity (Wildman–Crippen MR) is 66.0 cm³/mol. The maximum absolute atomic E-state index is 10.7. The average molecular weight is 252 g/mol. The van der Waals surface area contributed by atoms with Crippen LogP contribution in [-0.4, -0.2) is 43.8 Å². The molecule has 1 aliphatic rings. The van der Waals surface area contributed by atoms with Gasteiger partial charge in [0.15, 0.2) is 0 Å². The zero-order chi connectivity index (χ0) is 13.1. The first-order valence-corrected chi connectivity index (χ1v) is 6.35. The van der Waals surface area contributed by atoms with E-state index in [0.29, 0.717) is 12.3 Å². The number of nitrogens with zero attached hydrogens (tertiary/aromatic N) is 4. The van der Waals surface area contributed by atoms with E-state index < -0.39 is 5.97 Å². The lowest BCUT2D eigenvalue weighted by Gasteiger charge is -2.30. The third-order valence-electron chi connectivity index (χ3n) is 3.72. The molecule has 0 amide bonds. The second-order valence-corrected chi connectivity index (χ2v) is 5.04. The van der Waals surface area contributed by atoms with Crippen LogP contribution in [0.3, 0.4) is 0 Å². The van der Waals surface area contributed by atoms with Crippen LogP contribution in [0.1, 0.15) is 30.9 Å². The lowest BCUT2D eigenvalue weighted by atomic mass is 9.94. The second-order valence-electron chi connectivity index (χ2n) is 5.04. The molecule has 1 aromatic rings. The first kappa shape index (κ1) is 13.0. The molecule has 18 heavy (non-hydrogen) atoms. The van der Waals surface area contributed by atoms with Crippen LogP contribution >= 0.6 is 0 Å². The Morgan fingerprint density at radius 2 is 2.06 bits per heavy atom. The fourth-order valence-corrected chi connectivity index (χ4v) is 2.38. The summed E-state index contributed by atoms with van der Waals surface area (Å²) in [6, 6.07) is 0. The van der Waals surface area contributed by atoms with Crippen LogP contribution in [-0.2, 0) is 18.4 Å². The summed E-state index contributed by atoms with van der Waals surface area (Å²) >= 11 is 0. The number of aliphatic carboxylic acids is 1. The smallest absolute Gasteiger partial charge is 0.303 e. The molecule has 0 unspecified atom stereocenters. The van der Waals surface area contributed by atoms with Crippen LogP contribution in [0.15, 0.2) is 0 Å². The van der Waals surface area contributed by atoms with Gasteiger partial charge < -0.3 is 9.67 Å². The lowest BCUT2D eigenvalue weighted by Crippen LogP contribution is -2.34. The molecule has 1 fully saturated rings. The minimum Gasteiger partial charge on any atom is -0.481 e. The molecule has 1 saturated heterocycles. The van der Waals surface area contributed by atoms with Crippen molar-refractivity contribution in [3.8, 4) is 0 Å². The summed E-state index contributed by atoms with van der Waals surface area (Å²) in [7, 11) is 1.97. The minimum absolute atomic E-state index is 0.302. The van der Waals surface area contributed by atoms with Crippen LogP contribution in [0.25, 0.3) is 0 Å². The number of aryl methyl sites for hydroxylation is 1. The number of hydrogen-bond donors (Lipinski definition) is 1. The van der Waals surface area contributed by atoms with E-state index in [2.05, 4.69) is 15.1 Å². The number of piperidine rings is 1. The molecule has 1 aromatic heterocycles. The van der Waals surface area contributed by atoms with Gasteiger partial charge in [-0.3, -0.25) is 9.69 Å². The quantitative estimate of drug-likeness (QED) is 0.858. The number of hydrogen-bond acceptors (Lipinski definition) is 4. The number of rotatable bonds is 4. The number of carbonyl (C=O) groups is 1. The van der Waals surface area contributed by atoms with Crippen LogP contribution in [0.2, 0.25) is 0 Å². The molecule has 0 bridgehead atoms. The van der Waals surface area contributed by atoms with Crippen molar-refractivity contribution in [3.05, 3.63) is 11.6 Å². The molecule has 0 atom stereocenters. The van der Waals surface area contributed by atoms with Crippen molar-refractivity contribution in [3.63, 3.8) is 0 Å². The van der Waals surface area contributed by atoms with Gasteiger partial charge in [0.1, 0.15) is 11.6 Å². The van der Waals surface area contributed by atoms with Gasteiger partial charge in [0.2, 0.25) is 0 Å². The van der Waals surface area contributed by atoms with Gasteiger partial charge in [0, 0.05) is 13.5 Å². The van der Waals surface area contributed by atoms with Gasteiger partial charge in [0.05, 0.1) is 6.54 Å². The molecular formula is C12H20N4O2. The largest absolute Gasteiger partial charge is 0.481 e. The lowest BCUT2D eigenvalue weighted by molar-refractivity contribution is -0.138. The highest BCUT2D eigenvalue weighted by atomic mass is 16.4. The van der Waals surface area contributed by atoms with E-state index in [0.717, 1.165) is 44.1 Å². The van der Waals surface area contributed by atoms with E-state index in [1.54, 1.807) is 0 Å². The average Bonchev–Trinajstić information content (AvgIpc) is 2.63. The number of aromatic nitrogens is 3. The molecule has 1 aliphatic heterocycles. The molecule has 1 N–H and O–H groups in total. The topological polar surface area (TPSA) is 71.2 Å². The van der Waals surface area contributed by atoms with Crippen molar-refractivity contribution in [2.24, 2.45) is 13.0 Å². The maximum Gasteiger partial charge on any atom is 0.303 e. The first-order chi connectivity index (χ1) is 8.56. The fraction of sp³-hybridized carbons (Fsp3) is 0.750. The molecule has 2 heterocycles. The molecule has 2 rings (SSSR count). The monoisotopic (exact) mass is 252 g/mol. The molecule has 100 valence electrons. The van der Waals surface area contributed by atoms with E-state index >= 15 is 0 Å². The van der Waals surface area contributed by atoms with Gasteiger partial charge >= 0.3 is 5.97 Å². The molecule has 0 aromatic carbocycles. The molecular weight excluding hydrogens is 232 g/mol. The predicted octanol–water partition coefficient (Wildman–Crippen LogP) is 0.810. The molecule has 0 radical (unpaired) electrons. The van der Waals surface area contributed by atoms with Crippen molar-refractivity contribution < 1.29 is 9.90 Å². The van der Waals surface area contributed by atoms with Gasteiger partial charge in [-0.15, -0.1) is 10.2 Å². The van der Waals surface area contributed by atoms with E-state index in [9.17, 15) is 4.79 Å². The summed E-state index contributed by atoms with van der Waals surface area (Å²) in [5.74, 6) is 1.55. The van der Waals surface area contributed by atoms with Crippen molar-refractivity contribution in [1.29, 1.82) is 0 Å². The Morgan fingerprint density at radius 1 is 1.39 bits per heavy atom. The SMILES string of the molecule is Cc1nnc(CN2CCC(CC(=O)O)CC2)n1C. The van der Waals surface area contributed by atoms with Crippen molar-refractivity contribution in [2.75, 3.05) is 13.1 Å². The highest BCUT2D eigenvalue weighted by Crippen LogP contribution is 2.21. The molecule has 6 heteroatoms. The Labute approximate surface area is 107 Å². The summed E-state index contributed by atoms with van der Waals surface area (Å²) in [5, 5.41) is 17.0. The van der Waals surface area contributed by atoms with Gasteiger partial charge in [-0.1, -0.05) is 0 Å². The Morgan fingerprint density at radius 3 is 2.56 bits per heavy atom. The van der Waals surface area contributed by atoms with Crippen LogP contribution in [0, 0.1) is 12.8 Å². The minimum atomic E-state index is -0.683. The molecule has 0 saturated carbocycles. The standard InChI is InChI=1S/C12H20N4O2/c1-9-13-14-11(15(9)2)8-16-5-3-10(4-6-16)7-12(17)18/h10H,3-8H2,1-2H3,(H,17,18). The van der Waals surface area contributed by atoms with Crippen molar-refractivity contribution in [1.82, 2.24) is 19.7 Å².